The second-order valence-electron chi connectivity index (χ2n) is 3.60. The molecule has 0 aliphatic heterocycles. The van der Waals surface area contributed by atoms with Crippen LogP contribution < -0.4 is 0 Å². The van der Waals surface area contributed by atoms with Gasteiger partial charge in [-0.3, -0.25) is 0 Å². The van der Waals surface area contributed by atoms with Gasteiger partial charge in [0.1, 0.15) is 0 Å². The zero-order valence-corrected chi connectivity index (χ0v) is 7.10. The largest absolute Gasteiger partial charge is 0.386 e. The third-order valence-electron chi connectivity index (χ3n) is 1.48. The quantitative estimate of drug-likeness (QED) is 0.569. The van der Waals surface area contributed by atoms with Gasteiger partial charge in [0.15, 0.2) is 0 Å². The SMILES string of the molecule is C=C(C(C)(C)O)C(C)(C)O. The first kappa shape index (κ1) is 9.66. The van der Waals surface area contributed by atoms with Crippen molar-refractivity contribution in [3.8, 4) is 0 Å². The van der Waals surface area contributed by atoms with Crippen LogP contribution in [-0.2, 0) is 0 Å². The molecule has 2 heteroatoms. The Balaban J connectivity index is 4.40. The first-order chi connectivity index (χ1) is 4.15. The molecule has 0 aromatic rings. The molecule has 0 aliphatic rings. The van der Waals surface area contributed by atoms with Gasteiger partial charge in [0.05, 0.1) is 11.2 Å². The van der Waals surface area contributed by atoms with Crippen LogP contribution in [0.2, 0.25) is 0 Å². The summed E-state index contributed by atoms with van der Waals surface area (Å²) in [4.78, 5) is 0. The highest BCUT2D eigenvalue weighted by molar-refractivity contribution is 5.18. The molecule has 0 unspecified atom stereocenters. The molecule has 0 radical (unpaired) electrons. The molecule has 0 spiro atoms. The Kier molecular flexibility index (Phi) is 2.28. The van der Waals surface area contributed by atoms with Crippen LogP contribution in [0, 0.1) is 0 Å². The van der Waals surface area contributed by atoms with E-state index in [4.69, 9.17) is 0 Å². The van der Waals surface area contributed by atoms with Crippen LogP contribution in [0.1, 0.15) is 27.7 Å². The van der Waals surface area contributed by atoms with E-state index in [9.17, 15) is 10.2 Å². The molecule has 0 atom stereocenters. The van der Waals surface area contributed by atoms with E-state index < -0.39 is 11.2 Å². The van der Waals surface area contributed by atoms with E-state index in [1.165, 1.54) is 0 Å². The van der Waals surface area contributed by atoms with Gasteiger partial charge in [0.2, 0.25) is 0 Å². The fraction of sp³-hybridized carbons (Fsp3) is 0.750. The highest BCUT2D eigenvalue weighted by atomic mass is 16.3. The lowest BCUT2D eigenvalue weighted by Gasteiger charge is -2.30. The molecule has 0 saturated heterocycles. The first-order valence-corrected chi connectivity index (χ1v) is 3.30. The molecule has 0 rings (SSSR count). The van der Waals surface area contributed by atoms with Gasteiger partial charge in [-0.1, -0.05) is 6.58 Å². The van der Waals surface area contributed by atoms with Crippen LogP contribution in [0.4, 0.5) is 0 Å². The zero-order valence-electron chi connectivity index (χ0n) is 7.10. The third-order valence-corrected chi connectivity index (χ3v) is 1.48. The first-order valence-electron chi connectivity index (χ1n) is 3.30. The Morgan fingerprint density at radius 2 is 1.20 bits per heavy atom. The van der Waals surface area contributed by atoms with Gasteiger partial charge in [-0.15, -0.1) is 0 Å². The van der Waals surface area contributed by atoms with Gasteiger partial charge in [-0.05, 0) is 33.3 Å². The highest BCUT2D eigenvalue weighted by Gasteiger charge is 2.29. The maximum absolute atomic E-state index is 9.36. The maximum Gasteiger partial charge on any atom is 0.0825 e. The van der Waals surface area contributed by atoms with Crippen LogP contribution in [0.15, 0.2) is 12.2 Å². The van der Waals surface area contributed by atoms with E-state index in [1.807, 2.05) is 0 Å². The molecule has 0 aliphatic carbocycles. The summed E-state index contributed by atoms with van der Waals surface area (Å²) in [5.74, 6) is 0. The standard InChI is InChI=1S/C8H16O2/c1-6(7(2,3)9)8(4,5)10/h9-10H,1H2,2-5H3. The van der Waals surface area contributed by atoms with Crippen LogP contribution in [-0.4, -0.2) is 21.4 Å². The Morgan fingerprint density at radius 3 is 1.20 bits per heavy atom. The predicted octanol–water partition coefficient (Wildman–Crippen LogP) is 1.08. The van der Waals surface area contributed by atoms with Gasteiger partial charge >= 0.3 is 0 Å². The molecule has 0 saturated carbocycles. The monoisotopic (exact) mass is 144 g/mol. The highest BCUT2D eigenvalue weighted by Crippen LogP contribution is 2.24. The van der Waals surface area contributed by atoms with Gasteiger partial charge in [0, 0.05) is 0 Å². The predicted molar refractivity (Wildman–Crippen MR) is 41.7 cm³/mol. The average molecular weight is 144 g/mol. The van der Waals surface area contributed by atoms with Crippen molar-refractivity contribution in [2.75, 3.05) is 0 Å². The van der Waals surface area contributed by atoms with Crippen LogP contribution >= 0.6 is 0 Å². The molecule has 10 heavy (non-hydrogen) atoms. The molecular formula is C8H16O2. The number of rotatable bonds is 2. The lowest BCUT2D eigenvalue weighted by Crippen LogP contribution is -2.35. The Hall–Kier alpha value is -0.340. The van der Waals surface area contributed by atoms with Crippen LogP contribution in [0.3, 0.4) is 0 Å². The molecule has 2 nitrogen and oxygen atoms in total. The molecule has 0 bridgehead atoms. The van der Waals surface area contributed by atoms with Gasteiger partial charge in [-0.2, -0.15) is 0 Å². The number of hydrogen-bond donors (Lipinski definition) is 2. The smallest absolute Gasteiger partial charge is 0.0825 e. The third kappa shape index (κ3) is 2.50. The summed E-state index contributed by atoms with van der Waals surface area (Å²) in [6, 6.07) is 0. The Bertz CT molecular complexity index is 118. The van der Waals surface area contributed by atoms with E-state index in [1.54, 1.807) is 27.7 Å². The fourth-order valence-electron chi connectivity index (χ4n) is 0.749. The minimum Gasteiger partial charge on any atom is -0.386 e. The zero-order chi connectivity index (χ0) is 8.58. The minimum absolute atomic E-state index is 0.431. The second kappa shape index (κ2) is 2.36. The van der Waals surface area contributed by atoms with Crippen molar-refractivity contribution in [2.45, 2.75) is 38.9 Å². The summed E-state index contributed by atoms with van der Waals surface area (Å²) in [7, 11) is 0. The molecule has 2 N–H and O–H groups in total. The van der Waals surface area contributed by atoms with Crippen molar-refractivity contribution in [1.29, 1.82) is 0 Å². The molecule has 0 fully saturated rings. The van der Waals surface area contributed by atoms with E-state index in [-0.39, 0.29) is 0 Å². The molecule has 0 aromatic heterocycles. The summed E-state index contributed by atoms with van der Waals surface area (Å²) < 4.78 is 0. The minimum atomic E-state index is -1.00. The second-order valence-corrected chi connectivity index (χ2v) is 3.60. The molecule has 0 aromatic carbocycles. The fourth-order valence-corrected chi connectivity index (χ4v) is 0.749. The topological polar surface area (TPSA) is 40.5 Å². The van der Waals surface area contributed by atoms with Crippen molar-refractivity contribution in [3.63, 3.8) is 0 Å². The Morgan fingerprint density at radius 1 is 1.00 bits per heavy atom. The molecule has 0 amide bonds. The van der Waals surface area contributed by atoms with E-state index in [2.05, 4.69) is 6.58 Å². The summed E-state index contributed by atoms with van der Waals surface area (Å²) in [5.41, 5.74) is -1.57. The van der Waals surface area contributed by atoms with Crippen molar-refractivity contribution >= 4 is 0 Å². The molecular weight excluding hydrogens is 128 g/mol. The van der Waals surface area contributed by atoms with Gasteiger partial charge < -0.3 is 10.2 Å². The van der Waals surface area contributed by atoms with Crippen molar-refractivity contribution in [2.24, 2.45) is 0 Å². The lowest BCUT2D eigenvalue weighted by molar-refractivity contribution is 0.0426. The summed E-state index contributed by atoms with van der Waals surface area (Å²) >= 11 is 0. The van der Waals surface area contributed by atoms with Gasteiger partial charge in [0.25, 0.3) is 0 Å². The van der Waals surface area contributed by atoms with E-state index in [0.29, 0.717) is 5.57 Å². The Labute approximate surface area is 62.2 Å². The normalized spacial score (nSPS) is 13.4. The van der Waals surface area contributed by atoms with Gasteiger partial charge in [-0.25, -0.2) is 0 Å². The molecule has 60 valence electrons. The number of hydrogen-bond acceptors (Lipinski definition) is 2. The van der Waals surface area contributed by atoms with Crippen LogP contribution in [0.5, 0.6) is 0 Å². The lowest BCUT2D eigenvalue weighted by atomic mass is 9.87. The van der Waals surface area contributed by atoms with Crippen LogP contribution in [0.25, 0.3) is 0 Å². The van der Waals surface area contributed by atoms with Crippen molar-refractivity contribution in [3.05, 3.63) is 12.2 Å². The maximum atomic E-state index is 9.36. The van der Waals surface area contributed by atoms with E-state index in [0.717, 1.165) is 0 Å². The summed E-state index contributed by atoms with van der Waals surface area (Å²) in [6.07, 6.45) is 0. The van der Waals surface area contributed by atoms with Crippen molar-refractivity contribution < 1.29 is 10.2 Å². The average Bonchev–Trinajstić information content (AvgIpc) is 1.59. The summed E-state index contributed by atoms with van der Waals surface area (Å²) in [6.45, 7) is 10.0. The van der Waals surface area contributed by atoms with E-state index >= 15 is 0 Å². The number of aliphatic hydroxyl groups is 2. The summed E-state index contributed by atoms with van der Waals surface area (Å²) in [5, 5.41) is 18.7. The van der Waals surface area contributed by atoms with Crippen molar-refractivity contribution in [1.82, 2.24) is 0 Å². The molecule has 0 heterocycles.